The summed E-state index contributed by atoms with van der Waals surface area (Å²) in [4.78, 5) is 2.68. The molecule has 32 heavy (non-hydrogen) atoms. The molecule has 3 atom stereocenters. The minimum atomic E-state index is -0.666. The minimum Gasteiger partial charge on any atom is -0.354 e. The van der Waals surface area contributed by atoms with Gasteiger partial charge in [-0.2, -0.15) is 0 Å². The Morgan fingerprint density at radius 2 is 1.31 bits per heavy atom. The molecule has 3 aromatic carbocycles. The Morgan fingerprint density at radius 1 is 0.750 bits per heavy atom. The number of ether oxygens (including phenoxy) is 1. The number of nitrogens with zero attached hydrogens (tertiary/aromatic N) is 1. The van der Waals surface area contributed by atoms with Crippen LogP contribution in [0.4, 0.5) is 0 Å². The Morgan fingerprint density at radius 3 is 1.94 bits per heavy atom. The van der Waals surface area contributed by atoms with Crippen LogP contribution in [0.5, 0.6) is 0 Å². The van der Waals surface area contributed by atoms with E-state index >= 15 is 0 Å². The highest BCUT2D eigenvalue weighted by Crippen LogP contribution is 2.46. The van der Waals surface area contributed by atoms with E-state index in [0.717, 1.165) is 0 Å². The molecule has 1 saturated carbocycles. The van der Waals surface area contributed by atoms with Crippen LogP contribution in [-0.4, -0.2) is 22.6 Å². The Bertz CT molecular complexity index is 990. The van der Waals surface area contributed by atoms with Crippen LogP contribution in [-0.2, 0) is 4.74 Å². The Balaban J connectivity index is 1.64. The monoisotopic (exact) mass is 443 g/mol. The van der Waals surface area contributed by atoms with Gasteiger partial charge in [-0.3, -0.25) is 4.90 Å². The largest absolute Gasteiger partial charge is 0.354 e. The van der Waals surface area contributed by atoms with Gasteiger partial charge in [0.25, 0.3) is 0 Å². The molecule has 0 aromatic heterocycles. The van der Waals surface area contributed by atoms with Gasteiger partial charge < -0.3 is 4.74 Å². The summed E-state index contributed by atoms with van der Waals surface area (Å²) in [6, 6.07) is 31.6. The highest BCUT2D eigenvalue weighted by atomic mass is 31.1. The average Bonchev–Trinajstić information content (AvgIpc) is 3.21. The first-order chi connectivity index (χ1) is 15.5. The molecule has 5 rings (SSSR count). The lowest BCUT2D eigenvalue weighted by atomic mass is 9.89. The Labute approximate surface area is 194 Å². The van der Waals surface area contributed by atoms with Crippen LogP contribution in [0.3, 0.4) is 0 Å². The van der Waals surface area contributed by atoms with Gasteiger partial charge in [-0.15, -0.1) is 0 Å². The molecule has 2 nitrogen and oxygen atoms in total. The molecule has 1 heterocycles. The van der Waals surface area contributed by atoms with E-state index in [1.807, 2.05) is 0 Å². The highest BCUT2D eigenvalue weighted by molar-refractivity contribution is 7.79. The maximum atomic E-state index is 6.89. The summed E-state index contributed by atoms with van der Waals surface area (Å²) in [5.74, 6) is 0. The fourth-order valence-corrected chi connectivity index (χ4v) is 7.99. The SMILES string of the molecule is CC(C)(C)N1[C@@H]2CCCC[C@H]2O[C@H]1c1ccccc1P(c1ccccc1)c1ccccc1. The van der Waals surface area contributed by atoms with Gasteiger partial charge in [0.1, 0.15) is 6.23 Å². The first kappa shape index (κ1) is 21.8. The van der Waals surface area contributed by atoms with Crippen molar-refractivity contribution in [3.8, 4) is 0 Å². The molecule has 0 amide bonds. The van der Waals surface area contributed by atoms with Crippen LogP contribution in [0.15, 0.2) is 84.9 Å². The fraction of sp³-hybridized carbons (Fsp3) is 0.379. The molecule has 0 radical (unpaired) electrons. The summed E-state index contributed by atoms with van der Waals surface area (Å²) < 4.78 is 6.89. The summed E-state index contributed by atoms with van der Waals surface area (Å²) >= 11 is 0. The highest BCUT2D eigenvalue weighted by Gasteiger charge is 2.48. The third kappa shape index (κ3) is 4.17. The van der Waals surface area contributed by atoms with Gasteiger partial charge >= 0.3 is 0 Å². The van der Waals surface area contributed by atoms with Gasteiger partial charge in [-0.25, -0.2) is 0 Å². The molecule has 0 unspecified atom stereocenters. The number of benzene rings is 3. The van der Waals surface area contributed by atoms with Crippen molar-refractivity contribution in [3.05, 3.63) is 90.5 Å². The second-order valence-electron chi connectivity index (χ2n) is 10.0. The van der Waals surface area contributed by atoms with E-state index in [9.17, 15) is 0 Å². The van der Waals surface area contributed by atoms with Crippen molar-refractivity contribution >= 4 is 23.8 Å². The standard InChI is InChI=1S/C29H34NOP/c1-29(2,3)30-25-19-11-12-20-26(25)31-28(30)24-18-10-13-21-27(24)32(22-14-6-4-7-15-22)23-16-8-5-9-17-23/h4-10,13-18,21,25-26,28H,11-12,19-20H2,1-3H3/t25-,26-,28+/m1/s1. The van der Waals surface area contributed by atoms with Crippen molar-refractivity contribution < 1.29 is 4.74 Å². The zero-order chi connectivity index (χ0) is 22.1. The molecule has 1 aliphatic heterocycles. The summed E-state index contributed by atoms with van der Waals surface area (Å²) in [6.07, 6.45) is 5.38. The van der Waals surface area contributed by atoms with E-state index in [0.29, 0.717) is 12.1 Å². The van der Waals surface area contributed by atoms with Crippen LogP contribution in [0.2, 0.25) is 0 Å². The molecule has 1 saturated heterocycles. The molecule has 166 valence electrons. The third-order valence-corrected chi connectivity index (χ3v) is 9.35. The number of hydrogen-bond donors (Lipinski definition) is 0. The van der Waals surface area contributed by atoms with Crippen LogP contribution in [0.25, 0.3) is 0 Å². The van der Waals surface area contributed by atoms with Gasteiger partial charge in [-0.1, -0.05) is 97.8 Å². The lowest BCUT2D eigenvalue weighted by Crippen LogP contribution is -2.49. The van der Waals surface area contributed by atoms with Crippen molar-refractivity contribution in [2.75, 3.05) is 0 Å². The molecular formula is C29H34NOP. The van der Waals surface area contributed by atoms with E-state index in [4.69, 9.17) is 4.74 Å². The molecule has 0 N–H and O–H groups in total. The number of rotatable bonds is 4. The van der Waals surface area contributed by atoms with Crippen LogP contribution in [0.1, 0.15) is 58.2 Å². The van der Waals surface area contributed by atoms with Gasteiger partial charge in [-0.05, 0) is 57.4 Å². The Hall–Kier alpha value is -1.99. The van der Waals surface area contributed by atoms with Crippen LogP contribution in [0, 0.1) is 0 Å². The Kier molecular flexibility index (Phi) is 6.21. The summed E-state index contributed by atoms with van der Waals surface area (Å²) in [7, 11) is -0.666. The van der Waals surface area contributed by atoms with Crippen molar-refractivity contribution in [1.82, 2.24) is 4.90 Å². The van der Waals surface area contributed by atoms with Gasteiger partial charge in [0.2, 0.25) is 0 Å². The van der Waals surface area contributed by atoms with Crippen molar-refractivity contribution in [3.63, 3.8) is 0 Å². The lowest BCUT2D eigenvalue weighted by Gasteiger charge is -2.41. The van der Waals surface area contributed by atoms with Gasteiger partial charge in [0.05, 0.1) is 6.10 Å². The first-order valence-corrected chi connectivity index (χ1v) is 13.3. The summed E-state index contributed by atoms with van der Waals surface area (Å²) in [5.41, 5.74) is 1.40. The third-order valence-electron chi connectivity index (χ3n) is 6.83. The van der Waals surface area contributed by atoms with E-state index in [1.54, 1.807) is 0 Å². The molecule has 1 aliphatic carbocycles. The molecule has 2 fully saturated rings. The normalized spacial score (nSPS) is 23.9. The van der Waals surface area contributed by atoms with Gasteiger partial charge in [0.15, 0.2) is 0 Å². The maximum Gasteiger partial charge on any atom is 0.138 e. The lowest BCUT2D eigenvalue weighted by molar-refractivity contribution is -0.0334. The molecule has 3 aromatic rings. The van der Waals surface area contributed by atoms with E-state index < -0.39 is 7.92 Å². The van der Waals surface area contributed by atoms with Crippen molar-refractivity contribution in [1.29, 1.82) is 0 Å². The summed E-state index contributed by atoms with van der Waals surface area (Å²) in [5, 5.41) is 4.19. The van der Waals surface area contributed by atoms with E-state index in [-0.39, 0.29) is 11.8 Å². The molecule has 0 bridgehead atoms. The maximum absolute atomic E-state index is 6.89. The predicted molar refractivity (Wildman–Crippen MR) is 137 cm³/mol. The fourth-order valence-electron chi connectivity index (χ4n) is 5.51. The predicted octanol–water partition coefficient (Wildman–Crippen LogP) is 5.89. The average molecular weight is 444 g/mol. The molecular weight excluding hydrogens is 409 g/mol. The van der Waals surface area contributed by atoms with E-state index in [1.165, 1.54) is 47.2 Å². The second-order valence-corrected chi connectivity index (χ2v) is 12.2. The smallest absolute Gasteiger partial charge is 0.138 e. The quantitative estimate of drug-likeness (QED) is 0.467. The van der Waals surface area contributed by atoms with E-state index in [2.05, 4.69) is 111 Å². The zero-order valence-corrected chi connectivity index (χ0v) is 20.3. The second kappa shape index (κ2) is 9.10. The number of fused-ring (bicyclic) bond motifs is 1. The van der Waals surface area contributed by atoms with Crippen molar-refractivity contribution in [2.24, 2.45) is 0 Å². The number of hydrogen-bond acceptors (Lipinski definition) is 2. The van der Waals surface area contributed by atoms with Gasteiger partial charge in [0, 0.05) is 17.1 Å². The minimum absolute atomic E-state index is 0.0109. The zero-order valence-electron chi connectivity index (χ0n) is 19.4. The topological polar surface area (TPSA) is 12.5 Å². The first-order valence-electron chi connectivity index (χ1n) is 12.0. The van der Waals surface area contributed by atoms with Crippen LogP contribution >= 0.6 is 7.92 Å². The molecule has 2 aliphatic rings. The molecule has 3 heteroatoms. The van der Waals surface area contributed by atoms with Crippen LogP contribution < -0.4 is 15.9 Å². The van der Waals surface area contributed by atoms with Crippen molar-refractivity contribution in [2.45, 2.75) is 70.4 Å². The molecule has 0 spiro atoms. The summed E-state index contributed by atoms with van der Waals surface area (Å²) in [6.45, 7) is 7.04.